The molecule has 0 fully saturated rings. The van der Waals surface area contributed by atoms with Crippen molar-refractivity contribution in [3.63, 3.8) is 0 Å². The number of fused-ring (bicyclic) bond motifs is 2. The Labute approximate surface area is 165 Å². The third kappa shape index (κ3) is 2.85. The predicted octanol–water partition coefficient (Wildman–Crippen LogP) is 4.14. The SMILES string of the molecule is CC(C)n1nncc1C(=O)Nc1cc(-c2cccc3[nH]ccc23)cc2[nH]ncc12. The quantitative estimate of drug-likeness (QED) is 0.432. The molecule has 8 nitrogen and oxygen atoms in total. The highest BCUT2D eigenvalue weighted by Crippen LogP contribution is 2.34. The molecule has 0 aliphatic rings. The van der Waals surface area contributed by atoms with Crippen LogP contribution in [0.15, 0.2) is 55.0 Å². The lowest BCUT2D eigenvalue weighted by atomic mass is 9.99. The monoisotopic (exact) mass is 385 g/mol. The molecule has 29 heavy (non-hydrogen) atoms. The fraction of sp³-hybridized carbons (Fsp3) is 0.143. The number of benzene rings is 2. The molecule has 3 aromatic heterocycles. The van der Waals surface area contributed by atoms with Crippen LogP contribution in [0.3, 0.4) is 0 Å². The van der Waals surface area contributed by atoms with E-state index in [-0.39, 0.29) is 11.9 Å². The van der Waals surface area contributed by atoms with Gasteiger partial charge in [0.15, 0.2) is 0 Å². The van der Waals surface area contributed by atoms with E-state index < -0.39 is 0 Å². The molecular weight excluding hydrogens is 366 g/mol. The number of H-pyrrole nitrogens is 2. The second-order valence-electron chi connectivity index (χ2n) is 7.21. The van der Waals surface area contributed by atoms with E-state index in [1.807, 2.05) is 50.4 Å². The van der Waals surface area contributed by atoms with Crippen LogP contribution in [0.25, 0.3) is 32.9 Å². The van der Waals surface area contributed by atoms with Crippen LogP contribution in [0.2, 0.25) is 0 Å². The number of nitrogens with zero attached hydrogens (tertiary/aromatic N) is 4. The molecule has 0 atom stereocenters. The lowest BCUT2D eigenvalue weighted by molar-refractivity contribution is 0.101. The fourth-order valence-electron chi connectivity index (χ4n) is 3.62. The summed E-state index contributed by atoms with van der Waals surface area (Å²) in [5.41, 5.74) is 5.06. The van der Waals surface area contributed by atoms with Gasteiger partial charge < -0.3 is 10.3 Å². The smallest absolute Gasteiger partial charge is 0.275 e. The zero-order chi connectivity index (χ0) is 20.0. The Morgan fingerprint density at radius 1 is 1.10 bits per heavy atom. The van der Waals surface area contributed by atoms with E-state index in [1.54, 1.807) is 10.9 Å². The minimum atomic E-state index is -0.261. The Kier molecular flexibility index (Phi) is 3.90. The number of carbonyl (C=O) groups is 1. The normalized spacial score (nSPS) is 11.6. The van der Waals surface area contributed by atoms with E-state index in [4.69, 9.17) is 0 Å². The highest BCUT2D eigenvalue weighted by Gasteiger charge is 2.18. The summed E-state index contributed by atoms with van der Waals surface area (Å²) in [6.07, 6.45) is 5.11. The van der Waals surface area contributed by atoms with Crippen molar-refractivity contribution < 1.29 is 4.79 Å². The molecule has 0 unspecified atom stereocenters. The first-order chi connectivity index (χ1) is 14.1. The highest BCUT2D eigenvalue weighted by atomic mass is 16.2. The molecule has 0 aliphatic heterocycles. The number of hydrogen-bond acceptors (Lipinski definition) is 4. The Morgan fingerprint density at radius 3 is 2.86 bits per heavy atom. The van der Waals surface area contributed by atoms with Gasteiger partial charge in [0.1, 0.15) is 5.69 Å². The van der Waals surface area contributed by atoms with Crippen LogP contribution in [-0.2, 0) is 0 Å². The Bertz CT molecular complexity index is 1340. The van der Waals surface area contributed by atoms with Crippen molar-refractivity contribution in [3.8, 4) is 11.1 Å². The standard InChI is InChI=1S/C21H19N7O/c1-12(2)28-20(11-24-27-28)21(29)25-18-8-13(9-19-16(18)10-23-26-19)14-4-3-5-17-15(14)6-7-22-17/h3-12,22H,1-2H3,(H,23,26)(H,25,29). The van der Waals surface area contributed by atoms with Gasteiger partial charge in [-0.05, 0) is 49.2 Å². The molecule has 0 spiro atoms. The molecule has 8 heteroatoms. The first-order valence-corrected chi connectivity index (χ1v) is 9.37. The van der Waals surface area contributed by atoms with Crippen LogP contribution in [0.4, 0.5) is 5.69 Å². The summed E-state index contributed by atoms with van der Waals surface area (Å²) < 4.78 is 1.60. The van der Waals surface area contributed by atoms with Crippen molar-refractivity contribution in [1.29, 1.82) is 0 Å². The minimum Gasteiger partial charge on any atom is -0.361 e. The molecular formula is C21H19N7O. The van der Waals surface area contributed by atoms with Gasteiger partial charge in [-0.15, -0.1) is 5.10 Å². The summed E-state index contributed by atoms with van der Waals surface area (Å²) in [5.74, 6) is -0.261. The summed E-state index contributed by atoms with van der Waals surface area (Å²) in [4.78, 5) is 16.2. The fourth-order valence-corrected chi connectivity index (χ4v) is 3.62. The van der Waals surface area contributed by atoms with Crippen LogP contribution in [-0.4, -0.2) is 36.1 Å². The maximum absolute atomic E-state index is 12.9. The molecule has 2 aromatic carbocycles. The lowest BCUT2D eigenvalue weighted by Gasteiger charge is -2.12. The Morgan fingerprint density at radius 2 is 2.00 bits per heavy atom. The van der Waals surface area contributed by atoms with Gasteiger partial charge in [-0.3, -0.25) is 9.89 Å². The number of carbonyl (C=O) groups excluding carboxylic acids is 1. The van der Waals surface area contributed by atoms with Crippen LogP contribution in [0, 0.1) is 0 Å². The molecule has 1 amide bonds. The minimum absolute atomic E-state index is 0.0322. The largest absolute Gasteiger partial charge is 0.361 e. The van der Waals surface area contributed by atoms with Crippen LogP contribution in [0.1, 0.15) is 30.4 Å². The first kappa shape index (κ1) is 17.2. The number of aromatic amines is 2. The molecule has 0 saturated heterocycles. The van der Waals surface area contributed by atoms with Gasteiger partial charge in [-0.1, -0.05) is 17.3 Å². The summed E-state index contributed by atoms with van der Waals surface area (Å²) in [6, 6.07) is 12.2. The Balaban J connectivity index is 1.61. The number of anilines is 1. The van der Waals surface area contributed by atoms with E-state index in [0.717, 1.165) is 32.9 Å². The summed E-state index contributed by atoms with van der Waals surface area (Å²) in [7, 11) is 0. The Hall–Kier alpha value is -3.94. The van der Waals surface area contributed by atoms with Crippen molar-refractivity contribution in [2.45, 2.75) is 19.9 Å². The predicted molar refractivity (Wildman–Crippen MR) is 112 cm³/mol. The molecule has 0 bridgehead atoms. The van der Waals surface area contributed by atoms with Crippen molar-refractivity contribution >= 4 is 33.4 Å². The third-order valence-electron chi connectivity index (χ3n) is 5.01. The number of nitrogens with one attached hydrogen (secondary N) is 3. The maximum atomic E-state index is 12.9. The summed E-state index contributed by atoms with van der Waals surface area (Å²) in [6.45, 7) is 3.91. The molecule has 5 aromatic rings. The average Bonchev–Trinajstić information content (AvgIpc) is 3.46. The van der Waals surface area contributed by atoms with E-state index in [1.165, 1.54) is 6.20 Å². The maximum Gasteiger partial charge on any atom is 0.275 e. The topological polar surface area (TPSA) is 104 Å². The zero-order valence-electron chi connectivity index (χ0n) is 16.0. The molecule has 3 heterocycles. The highest BCUT2D eigenvalue weighted by molar-refractivity contribution is 6.09. The van der Waals surface area contributed by atoms with E-state index in [0.29, 0.717) is 11.4 Å². The van der Waals surface area contributed by atoms with Gasteiger partial charge in [0.05, 0.1) is 23.6 Å². The number of aromatic nitrogens is 6. The van der Waals surface area contributed by atoms with Gasteiger partial charge >= 0.3 is 0 Å². The van der Waals surface area contributed by atoms with Gasteiger partial charge in [-0.25, -0.2) is 4.68 Å². The first-order valence-electron chi connectivity index (χ1n) is 9.37. The number of amides is 1. The van der Waals surface area contributed by atoms with E-state index in [2.05, 4.69) is 36.9 Å². The van der Waals surface area contributed by atoms with Gasteiger partial charge in [-0.2, -0.15) is 5.10 Å². The average molecular weight is 385 g/mol. The van der Waals surface area contributed by atoms with Crippen molar-refractivity contribution in [1.82, 2.24) is 30.2 Å². The van der Waals surface area contributed by atoms with Crippen LogP contribution < -0.4 is 5.32 Å². The van der Waals surface area contributed by atoms with Gasteiger partial charge in [0.2, 0.25) is 0 Å². The van der Waals surface area contributed by atoms with Gasteiger partial charge in [0.25, 0.3) is 5.91 Å². The molecule has 0 aliphatic carbocycles. The molecule has 5 rings (SSSR count). The van der Waals surface area contributed by atoms with Crippen molar-refractivity contribution in [2.24, 2.45) is 0 Å². The van der Waals surface area contributed by atoms with Crippen LogP contribution in [0.5, 0.6) is 0 Å². The van der Waals surface area contributed by atoms with Crippen LogP contribution >= 0.6 is 0 Å². The molecule has 144 valence electrons. The van der Waals surface area contributed by atoms with E-state index in [9.17, 15) is 4.79 Å². The molecule has 0 saturated carbocycles. The second kappa shape index (κ2) is 6.59. The van der Waals surface area contributed by atoms with Crippen molar-refractivity contribution in [2.75, 3.05) is 5.32 Å². The molecule has 0 radical (unpaired) electrons. The third-order valence-corrected chi connectivity index (χ3v) is 5.01. The zero-order valence-corrected chi connectivity index (χ0v) is 16.0. The number of rotatable bonds is 4. The lowest BCUT2D eigenvalue weighted by Crippen LogP contribution is -2.19. The molecule has 3 N–H and O–H groups in total. The van der Waals surface area contributed by atoms with Crippen molar-refractivity contribution in [3.05, 3.63) is 60.7 Å². The van der Waals surface area contributed by atoms with Gasteiger partial charge in [0, 0.05) is 28.5 Å². The summed E-state index contributed by atoms with van der Waals surface area (Å²) >= 11 is 0. The van der Waals surface area contributed by atoms with E-state index >= 15 is 0 Å². The second-order valence-corrected chi connectivity index (χ2v) is 7.21. The summed E-state index contributed by atoms with van der Waals surface area (Å²) in [5, 5.41) is 20.0. The number of hydrogen-bond donors (Lipinski definition) is 3.